The number of hydrogen-bond donors (Lipinski definition) is 1. The van der Waals surface area contributed by atoms with Gasteiger partial charge in [-0.2, -0.15) is 5.10 Å². The van der Waals surface area contributed by atoms with Gasteiger partial charge in [0.2, 0.25) is 0 Å². The van der Waals surface area contributed by atoms with Crippen LogP contribution in [0.1, 0.15) is 17.4 Å². The van der Waals surface area contributed by atoms with Gasteiger partial charge in [0.15, 0.2) is 5.69 Å². The second kappa shape index (κ2) is 3.86. The summed E-state index contributed by atoms with van der Waals surface area (Å²) in [5, 5.41) is 7.47. The minimum atomic E-state index is -0.505. The molecule has 0 aromatic carbocycles. The molecule has 1 N–H and O–H groups in total. The average molecular weight is 226 g/mol. The van der Waals surface area contributed by atoms with Gasteiger partial charge in [-0.3, -0.25) is 5.10 Å². The molecule has 15 heavy (non-hydrogen) atoms. The van der Waals surface area contributed by atoms with E-state index in [0.717, 1.165) is 5.39 Å². The fourth-order valence-corrected chi connectivity index (χ4v) is 1.47. The van der Waals surface area contributed by atoms with Crippen LogP contribution in [0.3, 0.4) is 0 Å². The van der Waals surface area contributed by atoms with Gasteiger partial charge >= 0.3 is 5.97 Å². The molecule has 0 aliphatic carbocycles. The highest BCUT2D eigenvalue weighted by atomic mass is 35.5. The van der Waals surface area contributed by atoms with Crippen LogP contribution in [-0.4, -0.2) is 27.8 Å². The van der Waals surface area contributed by atoms with Crippen molar-refractivity contribution in [2.75, 3.05) is 6.61 Å². The van der Waals surface area contributed by atoms with E-state index in [9.17, 15) is 4.79 Å². The number of halogens is 1. The van der Waals surface area contributed by atoms with Gasteiger partial charge in [0.25, 0.3) is 0 Å². The van der Waals surface area contributed by atoms with Gasteiger partial charge in [0.1, 0.15) is 5.15 Å². The molecule has 2 rings (SSSR count). The first-order chi connectivity index (χ1) is 7.22. The van der Waals surface area contributed by atoms with E-state index >= 15 is 0 Å². The Morgan fingerprint density at radius 1 is 1.67 bits per heavy atom. The van der Waals surface area contributed by atoms with E-state index in [1.165, 1.54) is 0 Å². The van der Waals surface area contributed by atoms with Crippen LogP contribution in [0.25, 0.3) is 10.9 Å². The number of nitrogens with one attached hydrogen (secondary N) is 1. The molecule has 2 aromatic rings. The molecule has 0 unspecified atom stereocenters. The molecule has 0 radical (unpaired) electrons. The highest BCUT2D eigenvalue weighted by Gasteiger charge is 2.15. The standard InChI is InChI=1S/C9H8ClN3O2/c1-2-15-9(14)8-7-5(4-11-13-7)3-6(10)12-8/h3-4H,2H2,1H3,(H,11,13). The second-order valence-electron chi connectivity index (χ2n) is 2.85. The van der Waals surface area contributed by atoms with E-state index < -0.39 is 5.97 Å². The number of hydrogen-bond acceptors (Lipinski definition) is 4. The molecule has 0 bridgehead atoms. The fourth-order valence-electron chi connectivity index (χ4n) is 1.27. The van der Waals surface area contributed by atoms with Crippen molar-refractivity contribution in [3.8, 4) is 0 Å². The SMILES string of the molecule is CCOC(=O)c1nc(Cl)cc2cn[nH]c12. The number of carbonyl (C=O) groups excluding carboxylic acids is 1. The Kier molecular flexibility index (Phi) is 2.55. The van der Waals surface area contributed by atoms with Gasteiger partial charge in [0, 0.05) is 5.39 Å². The van der Waals surface area contributed by atoms with E-state index in [1.54, 1.807) is 19.2 Å². The quantitative estimate of drug-likeness (QED) is 0.625. The first-order valence-corrected chi connectivity index (χ1v) is 4.77. The summed E-state index contributed by atoms with van der Waals surface area (Å²) in [5.74, 6) is -0.505. The van der Waals surface area contributed by atoms with E-state index in [1.807, 2.05) is 0 Å². The number of nitrogens with zero attached hydrogens (tertiary/aromatic N) is 2. The fraction of sp³-hybridized carbons (Fsp3) is 0.222. The van der Waals surface area contributed by atoms with Crippen LogP contribution in [0.2, 0.25) is 5.15 Å². The lowest BCUT2D eigenvalue weighted by molar-refractivity contribution is 0.0522. The molecule has 0 aliphatic heterocycles. The second-order valence-corrected chi connectivity index (χ2v) is 3.24. The summed E-state index contributed by atoms with van der Waals surface area (Å²) in [7, 11) is 0. The van der Waals surface area contributed by atoms with Crippen molar-refractivity contribution in [3.63, 3.8) is 0 Å². The summed E-state index contributed by atoms with van der Waals surface area (Å²) >= 11 is 5.76. The van der Waals surface area contributed by atoms with Crippen LogP contribution >= 0.6 is 11.6 Å². The molecule has 6 heteroatoms. The maximum Gasteiger partial charge on any atom is 0.359 e. The Labute approximate surface area is 90.4 Å². The van der Waals surface area contributed by atoms with Crippen LogP contribution in [0, 0.1) is 0 Å². The average Bonchev–Trinajstić information content (AvgIpc) is 2.64. The number of carbonyl (C=O) groups is 1. The monoisotopic (exact) mass is 225 g/mol. The van der Waals surface area contributed by atoms with Gasteiger partial charge in [-0.1, -0.05) is 11.6 Å². The molecule has 78 valence electrons. The number of fused-ring (bicyclic) bond motifs is 1. The van der Waals surface area contributed by atoms with Crippen molar-refractivity contribution in [1.82, 2.24) is 15.2 Å². The Morgan fingerprint density at radius 2 is 2.47 bits per heavy atom. The van der Waals surface area contributed by atoms with Gasteiger partial charge < -0.3 is 4.74 Å². The lowest BCUT2D eigenvalue weighted by Crippen LogP contribution is -2.08. The van der Waals surface area contributed by atoms with Gasteiger partial charge in [-0.05, 0) is 13.0 Å². The number of ether oxygens (including phenoxy) is 1. The molecule has 0 aliphatic rings. The Bertz CT molecular complexity index is 509. The summed E-state index contributed by atoms with van der Waals surface area (Å²) in [4.78, 5) is 15.4. The van der Waals surface area contributed by atoms with Crippen molar-refractivity contribution in [1.29, 1.82) is 0 Å². The molecule has 0 atom stereocenters. The molecule has 5 nitrogen and oxygen atoms in total. The Morgan fingerprint density at radius 3 is 3.20 bits per heavy atom. The third-order valence-corrected chi connectivity index (χ3v) is 2.06. The summed E-state index contributed by atoms with van der Waals surface area (Å²) in [6.07, 6.45) is 1.58. The molecule has 0 fully saturated rings. The van der Waals surface area contributed by atoms with E-state index in [-0.39, 0.29) is 10.8 Å². The van der Waals surface area contributed by atoms with Crippen molar-refractivity contribution in [2.24, 2.45) is 0 Å². The maximum atomic E-state index is 11.5. The molecular weight excluding hydrogens is 218 g/mol. The summed E-state index contributed by atoms with van der Waals surface area (Å²) in [5.41, 5.74) is 0.703. The normalized spacial score (nSPS) is 10.5. The minimum absolute atomic E-state index is 0.164. The zero-order valence-electron chi connectivity index (χ0n) is 7.95. The number of aromatic amines is 1. The van der Waals surface area contributed by atoms with E-state index in [4.69, 9.17) is 16.3 Å². The highest BCUT2D eigenvalue weighted by molar-refractivity contribution is 6.30. The molecule has 0 spiro atoms. The molecule has 0 amide bonds. The van der Waals surface area contributed by atoms with Crippen molar-refractivity contribution in [3.05, 3.63) is 23.1 Å². The number of esters is 1. The van der Waals surface area contributed by atoms with Crippen LogP contribution < -0.4 is 0 Å². The lowest BCUT2D eigenvalue weighted by atomic mass is 10.2. The number of pyridine rings is 1. The summed E-state index contributed by atoms with van der Waals surface area (Å²) in [6, 6.07) is 1.63. The van der Waals surface area contributed by atoms with Gasteiger partial charge in [-0.25, -0.2) is 9.78 Å². The van der Waals surface area contributed by atoms with Crippen LogP contribution in [-0.2, 0) is 4.74 Å². The van der Waals surface area contributed by atoms with Crippen LogP contribution in [0.4, 0.5) is 0 Å². The topological polar surface area (TPSA) is 67.9 Å². The number of H-pyrrole nitrogens is 1. The summed E-state index contributed by atoms with van der Waals surface area (Å²) < 4.78 is 4.85. The third kappa shape index (κ3) is 1.78. The summed E-state index contributed by atoms with van der Waals surface area (Å²) in [6.45, 7) is 2.02. The van der Waals surface area contributed by atoms with Crippen molar-refractivity contribution in [2.45, 2.75) is 6.92 Å². The van der Waals surface area contributed by atoms with Crippen molar-refractivity contribution >= 4 is 28.5 Å². The number of aromatic nitrogens is 3. The maximum absolute atomic E-state index is 11.5. The predicted octanol–water partition coefficient (Wildman–Crippen LogP) is 1.79. The molecule has 0 saturated heterocycles. The van der Waals surface area contributed by atoms with Crippen LogP contribution in [0.5, 0.6) is 0 Å². The van der Waals surface area contributed by atoms with Gasteiger partial charge in [-0.15, -0.1) is 0 Å². The zero-order chi connectivity index (χ0) is 10.8. The molecule has 0 saturated carbocycles. The predicted molar refractivity (Wildman–Crippen MR) is 54.9 cm³/mol. The lowest BCUT2D eigenvalue weighted by Gasteiger charge is -2.02. The number of rotatable bonds is 2. The van der Waals surface area contributed by atoms with E-state index in [2.05, 4.69) is 15.2 Å². The minimum Gasteiger partial charge on any atom is -0.461 e. The Balaban J connectivity index is 2.57. The highest BCUT2D eigenvalue weighted by Crippen LogP contribution is 2.19. The first-order valence-electron chi connectivity index (χ1n) is 4.39. The molecule has 2 aromatic heterocycles. The third-order valence-electron chi connectivity index (χ3n) is 1.87. The van der Waals surface area contributed by atoms with Gasteiger partial charge in [0.05, 0.1) is 18.3 Å². The largest absolute Gasteiger partial charge is 0.461 e. The van der Waals surface area contributed by atoms with Crippen molar-refractivity contribution < 1.29 is 9.53 Å². The van der Waals surface area contributed by atoms with Crippen LogP contribution in [0.15, 0.2) is 12.3 Å². The zero-order valence-corrected chi connectivity index (χ0v) is 8.71. The first kappa shape index (κ1) is 9.92. The Hall–Kier alpha value is -1.62. The molecular formula is C9H8ClN3O2. The van der Waals surface area contributed by atoms with E-state index in [0.29, 0.717) is 12.1 Å². The molecule has 2 heterocycles. The smallest absolute Gasteiger partial charge is 0.359 e.